The van der Waals surface area contributed by atoms with Crippen molar-refractivity contribution in [3.05, 3.63) is 44.9 Å². The van der Waals surface area contributed by atoms with Gasteiger partial charge in [-0.15, -0.1) is 0 Å². The number of hydrogen-bond acceptors (Lipinski definition) is 4. The van der Waals surface area contributed by atoms with Gasteiger partial charge in [0, 0.05) is 12.2 Å². The molecule has 1 unspecified atom stereocenters. The number of ether oxygens (including phenoxy) is 1. The minimum absolute atomic E-state index is 0.0436. The first-order valence-corrected chi connectivity index (χ1v) is 9.57. The smallest absolute Gasteiger partial charge is 0.340 e. The van der Waals surface area contributed by atoms with E-state index in [-0.39, 0.29) is 24.0 Å². The molecule has 1 saturated heterocycles. The molecule has 1 aliphatic rings. The summed E-state index contributed by atoms with van der Waals surface area (Å²) in [4.78, 5) is 30.5. The number of aromatic amines is 1. The van der Waals surface area contributed by atoms with Crippen molar-refractivity contribution in [1.82, 2.24) is 9.88 Å². The molecule has 1 fully saturated rings. The van der Waals surface area contributed by atoms with Crippen LogP contribution in [-0.2, 0) is 4.74 Å². The third-order valence-corrected chi connectivity index (χ3v) is 5.34. The van der Waals surface area contributed by atoms with Crippen molar-refractivity contribution in [1.29, 1.82) is 0 Å². The van der Waals surface area contributed by atoms with Crippen LogP contribution >= 0.6 is 11.3 Å². The Labute approximate surface area is 152 Å². The number of thiophene rings is 1. The third kappa shape index (κ3) is 3.35. The van der Waals surface area contributed by atoms with Gasteiger partial charge < -0.3 is 14.6 Å². The minimum Gasteiger partial charge on any atom is -0.459 e. The van der Waals surface area contributed by atoms with Crippen LogP contribution in [0.4, 0.5) is 0 Å². The van der Waals surface area contributed by atoms with Crippen LogP contribution in [0.25, 0.3) is 0 Å². The van der Waals surface area contributed by atoms with E-state index < -0.39 is 0 Å². The van der Waals surface area contributed by atoms with Gasteiger partial charge in [0.15, 0.2) is 0 Å². The highest BCUT2D eigenvalue weighted by molar-refractivity contribution is 7.08. The van der Waals surface area contributed by atoms with E-state index >= 15 is 0 Å². The molecule has 6 heteroatoms. The largest absolute Gasteiger partial charge is 0.459 e. The van der Waals surface area contributed by atoms with Crippen molar-refractivity contribution in [2.75, 3.05) is 6.54 Å². The van der Waals surface area contributed by atoms with Crippen molar-refractivity contribution < 1.29 is 14.3 Å². The molecule has 2 aromatic rings. The molecule has 2 aromatic heterocycles. The molecule has 1 atom stereocenters. The number of aryl methyl sites for hydroxylation is 1. The molecule has 3 heterocycles. The van der Waals surface area contributed by atoms with Crippen molar-refractivity contribution in [2.45, 2.75) is 52.7 Å². The lowest BCUT2D eigenvalue weighted by Gasteiger charge is -2.24. The number of aromatic nitrogens is 1. The first-order chi connectivity index (χ1) is 11.9. The fraction of sp³-hybridized carbons (Fsp3) is 0.474. The highest BCUT2D eigenvalue weighted by Crippen LogP contribution is 2.35. The number of amides is 1. The van der Waals surface area contributed by atoms with Gasteiger partial charge in [-0.25, -0.2) is 4.79 Å². The predicted molar refractivity (Wildman–Crippen MR) is 98.1 cm³/mol. The van der Waals surface area contributed by atoms with Gasteiger partial charge >= 0.3 is 5.97 Å². The van der Waals surface area contributed by atoms with Gasteiger partial charge in [0.25, 0.3) is 5.91 Å². The topological polar surface area (TPSA) is 62.4 Å². The normalized spacial score (nSPS) is 17.3. The van der Waals surface area contributed by atoms with Crippen LogP contribution < -0.4 is 0 Å². The number of rotatable bonds is 4. The van der Waals surface area contributed by atoms with Crippen LogP contribution in [0.15, 0.2) is 16.8 Å². The van der Waals surface area contributed by atoms with E-state index in [2.05, 4.69) is 16.4 Å². The number of likely N-dealkylation sites (tertiary alicyclic amines) is 1. The predicted octanol–water partition coefficient (Wildman–Crippen LogP) is 4.24. The summed E-state index contributed by atoms with van der Waals surface area (Å²) in [7, 11) is 0. The fourth-order valence-corrected chi connectivity index (χ4v) is 4.21. The van der Waals surface area contributed by atoms with E-state index in [9.17, 15) is 9.59 Å². The van der Waals surface area contributed by atoms with Crippen LogP contribution in [-0.4, -0.2) is 34.4 Å². The summed E-state index contributed by atoms with van der Waals surface area (Å²) in [5, 5.41) is 4.15. The lowest BCUT2D eigenvalue weighted by atomic mass is 10.1. The SMILES string of the molecule is Cc1[nH]c(C(=O)N2CCCC2c2ccsc2)c(C)c1C(=O)OC(C)C. The Hall–Kier alpha value is -2.08. The quantitative estimate of drug-likeness (QED) is 0.830. The van der Waals surface area contributed by atoms with Crippen LogP contribution in [0.3, 0.4) is 0 Å². The number of H-pyrrole nitrogens is 1. The van der Waals surface area contributed by atoms with Gasteiger partial charge in [-0.2, -0.15) is 11.3 Å². The van der Waals surface area contributed by atoms with E-state index in [1.54, 1.807) is 18.3 Å². The van der Waals surface area contributed by atoms with E-state index in [4.69, 9.17) is 4.74 Å². The number of carbonyl (C=O) groups is 2. The van der Waals surface area contributed by atoms with Crippen LogP contribution in [0.1, 0.15) is 70.4 Å². The van der Waals surface area contributed by atoms with Gasteiger partial charge in [-0.05, 0) is 68.5 Å². The second kappa shape index (κ2) is 7.04. The molecule has 134 valence electrons. The molecule has 25 heavy (non-hydrogen) atoms. The van der Waals surface area contributed by atoms with Crippen molar-refractivity contribution in [2.24, 2.45) is 0 Å². The molecular formula is C19H24N2O3S. The van der Waals surface area contributed by atoms with Crippen molar-refractivity contribution in [3.8, 4) is 0 Å². The number of carbonyl (C=O) groups excluding carboxylic acids is 2. The van der Waals surface area contributed by atoms with Crippen molar-refractivity contribution >= 4 is 23.2 Å². The van der Waals surface area contributed by atoms with E-state index in [0.29, 0.717) is 22.5 Å². The molecule has 0 spiro atoms. The maximum absolute atomic E-state index is 13.1. The summed E-state index contributed by atoms with van der Waals surface area (Å²) in [5.74, 6) is -0.422. The number of nitrogens with one attached hydrogen (secondary N) is 1. The maximum atomic E-state index is 13.1. The zero-order chi connectivity index (χ0) is 18.1. The van der Waals surface area contributed by atoms with Crippen LogP contribution in [0, 0.1) is 13.8 Å². The van der Waals surface area contributed by atoms with Crippen LogP contribution in [0.5, 0.6) is 0 Å². The average molecular weight is 360 g/mol. The Morgan fingerprint density at radius 3 is 2.76 bits per heavy atom. The lowest BCUT2D eigenvalue weighted by molar-refractivity contribution is 0.0376. The first-order valence-electron chi connectivity index (χ1n) is 8.63. The average Bonchev–Trinajstić information content (AvgIpc) is 3.24. The Kier molecular flexibility index (Phi) is 4.99. The second-order valence-electron chi connectivity index (χ2n) is 6.79. The molecule has 1 amide bonds. The second-order valence-corrected chi connectivity index (χ2v) is 7.57. The summed E-state index contributed by atoms with van der Waals surface area (Å²) in [6, 6.07) is 2.20. The molecule has 0 radical (unpaired) electrons. The van der Waals surface area contributed by atoms with E-state index in [0.717, 1.165) is 19.4 Å². The summed E-state index contributed by atoms with van der Waals surface area (Å²) < 4.78 is 5.31. The van der Waals surface area contributed by atoms with Gasteiger partial charge in [-0.3, -0.25) is 4.79 Å². The van der Waals surface area contributed by atoms with Gasteiger partial charge in [0.1, 0.15) is 5.69 Å². The molecule has 0 bridgehead atoms. The van der Waals surface area contributed by atoms with Gasteiger partial charge in [-0.1, -0.05) is 0 Å². The maximum Gasteiger partial charge on any atom is 0.340 e. The van der Waals surface area contributed by atoms with Gasteiger partial charge in [0.2, 0.25) is 0 Å². The van der Waals surface area contributed by atoms with E-state index in [1.165, 1.54) is 5.56 Å². The molecule has 3 rings (SSSR count). The molecular weight excluding hydrogens is 336 g/mol. The zero-order valence-electron chi connectivity index (χ0n) is 15.1. The minimum atomic E-state index is -0.379. The summed E-state index contributed by atoms with van der Waals surface area (Å²) >= 11 is 1.65. The monoisotopic (exact) mass is 360 g/mol. The summed E-state index contributed by atoms with van der Waals surface area (Å²) in [6.45, 7) is 7.99. The molecule has 5 nitrogen and oxygen atoms in total. The Bertz CT molecular complexity index is 777. The molecule has 1 aliphatic heterocycles. The number of nitrogens with zero attached hydrogens (tertiary/aromatic N) is 1. The highest BCUT2D eigenvalue weighted by atomic mass is 32.1. The molecule has 1 N–H and O–H groups in total. The highest BCUT2D eigenvalue weighted by Gasteiger charge is 2.33. The Morgan fingerprint density at radius 2 is 2.12 bits per heavy atom. The Morgan fingerprint density at radius 1 is 1.36 bits per heavy atom. The summed E-state index contributed by atoms with van der Waals surface area (Å²) in [5.41, 5.74) is 3.51. The molecule has 0 aromatic carbocycles. The molecule has 0 saturated carbocycles. The first kappa shape index (κ1) is 17.7. The fourth-order valence-electron chi connectivity index (χ4n) is 3.51. The zero-order valence-corrected chi connectivity index (χ0v) is 15.9. The Balaban J connectivity index is 1.89. The number of hydrogen-bond donors (Lipinski definition) is 1. The van der Waals surface area contributed by atoms with Gasteiger partial charge in [0.05, 0.1) is 17.7 Å². The standard InChI is InChI=1S/C19H24N2O3S/c1-11(2)24-19(23)16-12(3)17(20-13(16)4)18(22)21-8-5-6-15(21)14-7-9-25-10-14/h7,9-11,15,20H,5-6,8H2,1-4H3. The number of esters is 1. The van der Waals surface area contributed by atoms with Crippen molar-refractivity contribution in [3.63, 3.8) is 0 Å². The third-order valence-electron chi connectivity index (χ3n) is 4.64. The van der Waals surface area contributed by atoms with Crippen LogP contribution in [0.2, 0.25) is 0 Å². The lowest BCUT2D eigenvalue weighted by Crippen LogP contribution is -2.31. The van der Waals surface area contributed by atoms with E-state index in [1.807, 2.05) is 31.1 Å². The summed E-state index contributed by atoms with van der Waals surface area (Å²) in [6.07, 6.45) is 1.78. The molecule has 0 aliphatic carbocycles.